The highest BCUT2D eigenvalue weighted by Gasteiger charge is 2.44. The van der Waals surface area contributed by atoms with Crippen LogP contribution < -0.4 is 10.2 Å². The molecule has 1 amide bonds. The van der Waals surface area contributed by atoms with Crippen LogP contribution in [0.5, 0.6) is 5.75 Å². The normalized spacial score (nSPS) is 21.8. The summed E-state index contributed by atoms with van der Waals surface area (Å²) in [6.45, 7) is 0.402. The molecule has 0 radical (unpaired) electrons. The molecule has 1 aliphatic heterocycles. The first-order chi connectivity index (χ1) is 15.7. The van der Waals surface area contributed by atoms with E-state index in [4.69, 9.17) is 9.94 Å². The molecule has 0 aromatic heterocycles. The van der Waals surface area contributed by atoms with E-state index in [-0.39, 0.29) is 23.5 Å². The molecular formula is C21H22F4N2O6S. The molecule has 13 heteroatoms. The highest BCUT2D eigenvalue weighted by Crippen LogP contribution is 2.34. The third kappa shape index (κ3) is 5.66. The second kappa shape index (κ2) is 9.49. The smallest absolute Gasteiger partial charge is 0.416 e. The number of carbonyl (C=O) groups excluding carboxylic acids is 1. The van der Waals surface area contributed by atoms with E-state index in [9.17, 15) is 35.9 Å². The topological polar surface area (TPSA) is 116 Å². The van der Waals surface area contributed by atoms with Crippen LogP contribution in [0.2, 0.25) is 0 Å². The molecule has 0 unspecified atom stereocenters. The van der Waals surface area contributed by atoms with Gasteiger partial charge in [-0.15, -0.1) is 0 Å². The van der Waals surface area contributed by atoms with Gasteiger partial charge in [-0.2, -0.15) is 17.5 Å². The van der Waals surface area contributed by atoms with E-state index in [1.165, 1.54) is 24.5 Å². The largest absolute Gasteiger partial charge is 0.489 e. The molecule has 0 spiro atoms. The van der Waals surface area contributed by atoms with Crippen molar-refractivity contribution in [3.05, 3.63) is 59.4 Å². The summed E-state index contributed by atoms with van der Waals surface area (Å²) in [5.74, 6) is -1.80. The summed E-state index contributed by atoms with van der Waals surface area (Å²) in [5.41, 5.74) is -1.47. The van der Waals surface area contributed by atoms with Gasteiger partial charge in [0, 0.05) is 12.1 Å². The van der Waals surface area contributed by atoms with E-state index in [2.05, 4.69) is 0 Å². The molecule has 1 saturated heterocycles. The average Bonchev–Trinajstić information content (AvgIpc) is 2.76. The maximum atomic E-state index is 13.4. The first-order valence-corrected chi connectivity index (χ1v) is 11.5. The average molecular weight is 506 g/mol. The Hall–Kier alpha value is -2.74. The molecule has 3 N–H and O–H groups in total. The molecule has 186 valence electrons. The molecule has 1 aliphatic rings. The molecule has 2 aromatic carbocycles. The summed E-state index contributed by atoms with van der Waals surface area (Å²) < 4.78 is 85.1. The van der Waals surface area contributed by atoms with Gasteiger partial charge in [0.25, 0.3) is 5.91 Å². The van der Waals surface area contributed by atoms with Crippen LogP contribution in [0.3, 0.4) is 0 Å². The second-order valence-corrected chi connectivity index (χ2v) is 10.0. The van der Waals surface area contributed by atoms with Crippen molar-refractivity contribution in [2.45, 2.75) is 49.1 Å². The van der Waals surface area contributed by atoms with E-state index < -0.39 is 63.8 Å². The van der Waals surface area contributed by atoms with E-state index >= 15 is 0 Å². The number of carbonyl (C=O) groups is 1. The van der Waals surface area contributed by atoms with Crippen LogP contribution in [0.1, 0.15) is 30.9 Å². The molecule has 0 bridgehead atoms. The molecule has 2 atom stereocenters. The number of alkyl halides is 3. The summed E-state index contributed by atoms with van der Waals surface area (Å²) in [7, 11) is -4.31. The van der Waals surface area contributed by atoms with Crippen molar-refractivity contribution < 1.29 is 45.8 Å². The number of sulfonamides is 1. The lowest BCUT2D eigenvalue weighted by molar-refractivity contribution is -0.138. The van der Waals surface area contributed by atoms with Crippen LogP contribution in [0.15, 0.2) is 47.4 Å². The van der Waals surface area contributed by atoms with Crippen molar-refractivity contribution in [3.8, 4) is 5.75 Å². The van der Waals surface area contributed by atoms with Crippen LogP contribution in [0.4, 0.5) is 17.6 Å². The number of hydroxylamine groups is 1. The number of piperidine rings is 1. The Morgan fingerprint density at radius 3 is 2.47 bits per heavy atom. The minimum Gasteiger partial charge on any atom is -0.489 e. The summed E-state index contributed by atoms with van der Waals surface area (Å²) in [6.07, 6.45) is -4.61. The lowest BCUT2D eigenvalue weighted by Gasteiger charge is -2.40. The monoisotopic (exact) mass is 506 g/mol. The highest BCUT2D eigenvalue weighted by molar-refractivity contribution is 7.89. The number of rotatable bonds is 6. The third-order valence-corrected chi connectivity index (χ3v) is 7.28. The summed E-state index contributed by atoms with van der Waals surface area (Å²) in [6, 6.07) is 5.39. The van der Waals surface area contributed by atoms with Crippen molar-refractivity contribution in [3.63, 3.8) is 0 Å². The second-order valence-electron chi connectivity index (χ2n) is 8.14. The van der Waals surface area contributed by atoms with Crippen LogP contribution in [0.25, 0.3) is 0 Å². The van der Waals surface area contributed by atoms with Crippen LogP contribution in [-0.4, -0.2) is 47.1 Å². The van der Waals surface area contributed by atoms with Crippen LogP contribution in [-0.2, 0) is 27.6 Å². The number of halogens is 4. The van der Waals surface area contributed by atoms with Gasteiger partial charge in [0.05, 0.1) is 16.1 Å². The van der Waals surface area contributed by atoms with Gasteiger partial charge in [-0.3, -0.25) is 10.0 Å². The lowest BCUT2D eigenvalue weighted by Crippen LogP contribution is -2.58. The third-order valence-electron chi connectivity index (χ3n) is 5.41. The van der Waals surface area contributed by atoms with Crippen molar-refractivity contribution in [2.24, 2.45) is 0 Å². The van der Waals surface area contributed by atoms with Gasteiger partial charge in [0.2, 0.25) is 10.0 Å². The lowest BCUT2D eigenvalue weighted by atomic mass is 9.92. The number of benzene rings is 2. The molecule has 1 fully saturated rings. The molecule has 1 heterocycles. The molecule has 2 aromatic rings. The van der Waals surface area contributed by atoms with Gasteiger partial charge in [-0.1, -0.05) is 0 Å². The number of amides is 1. The van der Waals surface area contributed by atoms with Gasteiger partial charge < -0.3 is 9.84 Å². The molecule has 0 saturated carbocycles. The van der Waals surface area contributed by atoms with Gasteiger partial charge in [0.1, 0.15) is 24.2 Å². The predicted molar refractivity (Wildman–Crippen MR) is 110 cm³/mol. The zero-order valence-corrected chi connectivity index (χ0v) is 18.7. The Bertz CT molecular complexity index is 1150. The number of nitrogens with zero attached hydrogens (tertiary/aromatic N) is 1. The molecule has 3 rings (SSSR count). The Balaban J connectivity index is 1.81. The number of nitrogens with one attached hydrogen (secondary N) is 1. The van der Waals surface area contributed by atoms with Gasteiger partial charge >= 0.3 is 6.18 Å². The first kappa shape index (κ1) is 25.9. The Labute approximate surface area is 192 Å². The SMILES string of the molecule is C[C@@]1(O)CC[C@H](C(=O)NO)N(S(=O)(=O)c2ccc(OCc3cc(F)ccc3C(F)(F)F)cc2)C1. The molecule has 34 heavy (non-hydrogen) atoms. The van der Waals surface area contributed by atoms with E-state index in [0.29, 0.717) is 18.2 Å². The van der Waals surface area contributed by atoms with E-state index in [0.717, 1.165) is 16.4 Å². The fraction of sp³-hybridized carbons (Fsp3) is 0.381. The Kier molecular flexibility index (Phi) is 7.22. The maximum absolute atomic E-state index is 13.4. The summed E-state index contributed by atoms with van der Waals surface area (Å²) in [4.78, 5) is 11.7. The van der Waals surface area contributed by atoms with Gasteiger partial charge in [0.15, 0.2) is 0 Å². The van der Waals surface area contributed by atoms with Crippen LogP contribution in [0, 0.1) is 5.82 Å². The highest BCUT2D eigenvalue weighted by atomic mass is 32.2. The Morgan fingerprint density at radius 1 is 1.24 bits per heavy atom. The maximum Gasteiger partial charge on any atom is 0.416 e. The first-order valence-electron chi connectivity index (χ1n) is 10.0. The number of β-amino-alcohol motifs (C(OH)–C–C–N with tert-alkyl or cyclic N) is 1. The molecule has 0 aliphatic carbocycles. The van der Waals surface area contributed by atoms with Crippen molar-refractivity contribution in [2.75, 3.05) is 6.54 Å². The summed E-state index contributed by atoms with van der Waals surface area (Å²) >= 11 is 0. The number of ether oxygens (including phenoxy) is 1. The minimum atomic E-state index is -4.71. The van der Waals surface area contributed by atoms with Crippen molar-refractivity contribution in [1.82, 2.24) is 9.79 Å². The quantitative estimate of drug-likeness (QED) is 0.315. The minimum absolute atomic E-state index is 0.0200. The predicted octanol–water partition coefficient (Wildman–Crippen LogP) is 2.83. The van der Waals surface area contributed by atoms with Gasteiger partial charge in [-0.05, 0) is 62.2 Å². The summed E-state index contributed by atoms with van der Waals surface area (Å²) in [5, 5.41) is 19.3. The Morgan fingerprint density at radius 2 is 1.88 bits per heavy atom. The number of hydrogen-bond acceptors (Lipinski definition) is 6. The molecular weight excluding hydrogens is 484 g/mol. The zero-order chi connectivity index (χ0) is 25.3. The zero-order valence-electron chi connectivity index (χ0n) is 17.8. The van der Waals surface area contributed by atoms with Gasteiger partial charge in [-0.25, -0.2) is 18.3 Å². The van der Waals surface area contributed by atoms with E-state index in [1.807, 2.05) is 0 Å². The molecule has 8 nitrogen and oxygen atoms in total. The van der Waals surface area contributed by atoms with Crippen molar-refractivity contribution >= 4 is 15.9 Å². The fourth-order valence-corrected chi connectivity index (χ4v) is 5.40. The number of hydrogen-bond donors (Lipinski definition) is 3. The fourth-order valence-electron chi connectivity index (χ4n) is 3.67. The standard InChI is InChI=1S/C21H22F4N2O6S/c1-20(29)9-8-18(19(28)26-30)27(12-20)34(31,32)16-5-3-15(4-6-16)33-11-13-10-14(22)2-7-17(13)21(23,24)25/h2-7,10,18,29-30H,8-9,11-12H2,1H3,(H,26,28)/t18-,20-/m1/s1. The number of aliphatic hydroxyl groups is 1. The van der Waals surface area contributed by atoms with Crippen LogP contribution >= 0.6 is 0 Å². The van der Waals surface area contributed by atoms with E-state index in [1.54, 1.807) is 0 Å². The van der Waals surface area contributed by atoms with Crippen molar-refractivity contribution in [1.29, 1.82) is 0 Å².